The van der Waals surface area contributed by atoms with E-state index in [0.29, 0.717) is 44.7 Å². The van der Waals surface area contributed by atoms with Gasteiger partial charge >= 0.3 is 6.18 Å². The van der Waals surface area contributed by atoms with Crippen LogP contribution in [0.3, 0.4) is 0 Å². The van der Waals surface area contributed by atoms with Gasteiger partial charge in [-0.1, -0.05) is 18.2 Å². The molecular formula is C26H29F3N6O2. The first-order chi connectivity index (χ1) is 17.6. The summed E-state index contributed by atoms with van der Waals surface area (Å²) in [5.41, 5.74) is 2.15. The van der Waals surface area contributed by atoms with Crippen molar-refractivity contribution in [1.29, 1.82) is 0 Å². The Morgan fingerprint density at radius 2 is 1.84 bits per heavy atom. The van der Waals surface area contributed by atoms with Gasteiger partial charge in [-0.25, -0.2) is 0 Å². The first-order valence-corrected chi connectivity index (χ1v) is 12.2. The van der Waals surface area contributed by atoms with Crippen LogP contribution in [0.25, 0.3) is 10.9 Å². The van der Waals surface area contributed by atoms with Crippen molar-refractivity contribution in [1.82, 2.24) is 24.9 Å². The van der Waals surface area contributed by atoms with Crippen LogP contribution in [0.5, 0.6) is 0 Å². The number of nitrogens with one attached hydrogen (secondary N) is 1. The van der Waals surface area contributed by atoms with Crippen molar-refractivity contribution in [3.63, 3.8) is 0 Å². The molecule has 2 fully saturated rings. The van der Waals surface area contributed by atoms with Gasteiger partial charge in [0.2, 0.25) is 5.91 Å². The van der Waals surface area contributed by atoms with E-state index in [-0.39, 0.29) is 18.0 Å². The third kappa shape index (κ3) is 5.27. The molecule has 3 aromatic rings. The Bertz CT molecular complexity index is 1270. The summed E-state index contributed by atoms with van der Waals surface area (Å²) in [6.45, 7) is 0.694. The van der Waals surface area contributed by atoms with E-state index >= 15 is 0 Å². The van der Waals surface area contributed by atoms with E-state index in [9.17, 15) is 22.8 Å². The lowest BCUT2D eigenvalue weighted by molar-refractivity contribution is -0.158. The number of likely N-dealkylation sites (N-methyl/N-ethyl adjacent to an activating group) is 1. The molecule has 1 spiro atoms. The number of benzene rings is 2. The molecule has 2 saturated heterocycles. The number of anilines is 1. The summed E-state index contributed by atoms with van der Waals surface area (Å²) in [4.78, 5) is 32.5. The zero-order valence-corrected chi connectivity index (χ0v) is 20.5. The average molecular weight is 515 g/mol. The van der Waals surface area contributed by atoms with E-state index in [4.69, 9.17) is 0 Å². The van der Waals surface area contributed by atoms with Gasteiger partial charge in [-0.3, -0.25) is 19.6 Å². The summed E-state index contributed by atoms with van der Waals surface area (Å²) in [7, 11) is 1.18. The van der Waals surface area contributed by atoms with E-state index < -0.39 is 18.6 Å². The molecule has 2 amide bonds. The van der Waals surface area contributed by atoms with Crippen LogP contribution in [0.2, 0.25) is 0 Å². The van der Waals surface area contributed by atoms with Gasteiger partial charge in [-0.2, -0.15) is 18.3 Å². The van der Waals surface area contributed by atoms with Crippen LogP contribution >= 0.6 is 0 Å². The number of H-pyrrole nitrogens is 1. The number of aromatic amines is 1. The molecule has 2 aliphatic rings. The van der Waals surface area contributed by atoms with Crippen molar-refractivity contribution in [2.24, 2.45) is 0 Å². The summed E-state index contributed by atoms with van der Waals surface area (Å²) in [6, 6.07) is 15.3. The van der Waals surface area contributed by atoms with Gasteiger partial charge < -0.3 is 14.7 Å². The molecule has 196 valence electrons. The second kappa shape index (κ2) is 9.70. The molecule has 1 N–H and O–H groups in total. The van der Waals surface area contributed by atoms with Crippen molar-refractivity contribution in [2.75, 3.05) is 51.3 Å². The third-order valence-corrected chi connectivity index (χ3v) is 7.37. The standard InChI is InChI=1S/C26H29F3N6O2/c1-32(17-26(27,28)29)23(36)15-33-16-25(35(18-33)21-5-3-2-4-6-21)9-11-34(12-10-25)24(37)19-7-8-22-20(13-19)14-30-31-22/h2-8,13-14H,9-12,15-18H2,1H3,(H,30,31). The van der Waals surface area contributed by atoms with Gasteiger partial charge in [0.15, 0.2) is 0 Å². The van der Waals surface area contributed by atoms with Gasteiger partial charge in [0.05, 0.1) is 30.5 Å². The highest BCUT2D eigenvalue weighted by atomic mass is 19.4. The molecule has 5 rings (SSSR count). The van der Waals surface area contributed by atoms with E-state index in [1.807, 2.05) is 52.3 Å². The monoisotopic (exact) mass is 514 g/mol. The molecule has 2 aromatic carbocycles. The zero-order chi connectivity index (χ0) is 26.2. The zero-order valence-electron chi connectivity index (χ0n) is 20.5. The van der Waals surface area contributed by atoms with Gasteiger partial charge in [0.1, 0.15) is 6.54 Å². The van der Waals surface area contributed by atoms with Crippen molar-refractivity contribution < 1.29 is 22.8 Å². The molecule has 0 unspecified atom stereocenters. The van der Waals surface area contributed by atoms with Crippen LogP contribution in [0.4, 0.5) is 18.9 Å². The maximum absolute atomic E-state index is 13.2. The Labute approximate surface area is 212 Å². The molecule has 11 heteroatoms. The number of halogens is 3. The first-order valence-electron chi connectivity index (χ1n) is 12.2. The second-order valence-corrected chi connectivity index (χ2v) is 9.95. The summed E-state index contributed by atoms with van der Waals surface area (Å²) in [5, 5.41) is 7.77. The number of rotatable bonds is 5. The fourth-order valence-electron chi connectivity index (χ4n) is 5.45. The number of para-hydroxylation sites is 1. The van der Waals surface area contributed by atoms with Crippen molar-refractivity contribution >= 4 is 28.4 Å². The van der Waals surface area contributed by atoms with Crippen LogP contribution in [-0.2, 0) is 4.79 Å². The van der Waals surface area contributed by atoms with Crippen LogP contribution < -0.4 is 4.90 Å². The molecule has 0 saturated carbocycles. The van der Waals surface area contributed by atoms with E-state index in [0.717, 1.165) is 21.5 Å². The maximum Gasteiger partial charge on any atom is 0.406 e. The number of amides is 2. The lowest BCUT2D eigenvalue weighted by atomic mass is 9.86. The summed E-state index contributed by atoms with van der Waals surface area (Å²) in [6.07, 6.45) is -1.38. The number of nitrogens with zero attached hydrogens (tertiary/aromatic N) is 5. The van der Waals surface area contributed by atoms with Crippen LogP contribution in [0.1, 0.15) is 23.2 Å². The molecule has 1 aromatic heterocycles. The highest BCUT2D eigenvalue weighted by molar-refractivity contribution is 5.98. The molecule has 3 heterocycles. The SMILES string of the molecule is CN(CC(F)(F)F)C(=O)CN1CN(c2ccccc2)C2(CCN(C(=O)c3ccc4[nH]ncc4c3)CC2)C1. The van der Waals surface area contributed by atoms with Gasteiger partial charge in [-0.05, 0) is 43.2 Å². The second-order valence-electron chi connectivity index (χ2n) is 9.95. The minimum Gasteiger partial charge on any atom is -0.351 e. The van der Waals surface area contributed by atoms with Crippen LogP contribution in [0.15, 0.2) is 54.7 Å². The predicted octanol–water partition coefficient (Wildman–Crippen LogP) is 3.34. The number of likely N-dealkylation sites (tertiary alicyclic amines) is 1. The number of piperidine rings is 1. The van der Waals surface area contributed by atoms with Gasteiger partial charge in [-0.15, -0.1) is 0 Å². The molecule has 8 nitrogen and oxygen atoms in total. The number of aromatic nitrogens is 2. The Hall–Kier alpha value is -3.60. The minimum atomic E-state index is -4.44. The summed E-state index contributed by atoms with van der Waals surface area (Å²) < 4.78 is 38.3. The number of hydrogen-bond donors (Lipinski definition) is 1. The average Bonchev–Trinajstić information content (AvgIpc) is 3.48. The quantitative estimate of drug-likeness (QED) is 0.566. The molecule has 0 bridgehead atoms. The number of hydrogen-bond acceptors (Lipinski definition) is 5. The Morgan fingerprint density at radius 1 is 1.11 bits per heavy atom. The highest BCUT2D eigenvalue weighted by Crippen LogP contribution is 2.38. The normalized spacial score (nSPS) is 18.1. The first kappa shape index (κ1) is 25.1. The van der Waals surface area contributed by atoms with E-state index in [1.54, 1.807) is 12.3 Å². The Morgan fingerprint density at radius 3 is 2.54 bits per heavy atom. The largest absolute Gasteiger partial charge is 0.406 e. The van der Waals surface area contributed by atoms with Gasteiger partial charge in [0, 0.05) is 43.3 Å². The lowest BCUT2D eigenvalue weighted by Crippen LogP contribution is -2.55. The fraction of sp³-hybridized carbons (Fsp3) is 0.423. The molecule has 0 aliphatic carbocycles. The minimum absolute atomic E-state index is 0.0389. The number of alkyl halides is 3. The Kier molecular flexibility index (Phi) is 6.57. The van der Waals surface area contributed by atoms with Crippen molar-refractivity contribution in [3.05, 3.63) is 60.3 Å². The van der Waals surface area contributed by atoms with E-state index in [1.165, 1.54) is 7.05 Å². The van der Waals surface area contributed by atoms with Crippen molar-refractivity contribution in [3.8, 4) is 0 Å². The Balaban J connectivity index is 1.30. The molecular weight excluding hydrogens is 485 g/mol. The molecule has 0 radical (unpaired) electrons. The summed E-state index contributed by atoms with van der Waals surface area (Å²) >= 11 is 0. The molecule has 2 aliphatic heterocycles. The molecule has 0 atom stereocenters. The third-order valence-electron chi connectivity index (χ3n) is 7.37. The maximum atomic E-state index is 13.2. The summed E-state index contributed by atoms with van der Waals surface area (Å²) in [5.74, 6) is -0.604. The lowest BCUT2D eigenvalue weighted by Gasteiger charge is -2.45. The number of fused-ring (bicyclic) bond motifs is 1. The predicted molar refractivity (Wildman–Crippen MR) is 133 cm³/mol. The van der Waals surface area contributed by atoms with Crippen molar-refractivity contribution in [2.45, 2.75) is 24.6 Å². The highest BCUT2D eigenvalue weighted by Gasteiger charge is 2.47. The van der Waals surface area contributed by atoms with Crippen LogP contribution in [-0.4, -0.2) is 94.9 Å². The fourth-order valence-corrected chi connectivity index (χ4v) is 5.45. The van der Waals surface area contributed by atoms with E-state index in [2.05, 4.69) is 15.1 Å². The molecule has 37 heavy (non-hydrogen) atoms. The topological polar surface area (TPSA) is 75.8 Å². The number of carbonyl (C=O) groups is 2. The van der Waals surface area contributed by atoms with Crippen LogP contribution in [0, 0.1) is 0 Å². The van der Waals surface area contributed by atoms with Gasteiger partial charge in [0.25, 0.3) is 5.91 Å². The smallest absolute Gasteiger partial charge is 0.351 e. The number of carbonyl (C=O) groups excluding carboxylic acids is 2.